The van der Waals surface area contributed by atoms with Gasteiger partial charge in [-0.2, -0.15) is 0 Å². The van der Waals surface area contributed by atoms with Gasteiger partial charge in [-0.15, -0.1) is 10.2 Å². The van der Waals surface area contributed by atoms with Gasteiger partial charge in [0.2, 0.25) is 11.0 Å². The van der Waals surface area contributed by atoms with Crippen molar-refractivity contribution in [3.05, 3.63) is 63.6 Å². The number of carbonyl (C=O) groups excluding carboxylic acids is 2. The molecule has 1 atom stereocenters. The van der Waals surface area contributed by atoms with Crippen LogP contribution in [0.1, 0.15) is 22.8 Å². The Kier molecular flexibility index (Phi) is 6.28. The second kappa shape index (κ2) is 8.68. The van der Waals surface area contributed by atoms with E-state index < -0.39 is 17.9 Å². The quantitative estimate of drug-likeness (QED) is 0.615. The number of hydrogen-bond donors (Lipinski definition) is 2. The first-order valence-electron chi connectivity index (χ1n) is 8.31. The fourth-order valence-electron chi connectivity index (χ4n) is 2.37. The number of hydrogen-bond acceptors (Lipinski definition) is 5. The van der Waals surface area contributed by atoms with E-state index >= 15 is 0 Å². The zero-order chi connectivity index (χ0) is 20.3. The molecule has 0 fully saturated rings. The Labute approximate surface area is 175 Å². The highest BCUT2D eigenvalue weighted by Crippen LogP contribution is 2.27. The molecule has 3 rings (SSSR count). The minimum Gasteiger partial charge on any atom is -0.341 e. The minimum absolute atomic E-state index is 0.268. The minimum atomic E-state index is -0.784. The summed E-state index contributed by atoms with van der Waals surface area (Å²) in [4.78, 5) is 24.6. The topological polar surface area (TPSA) is 84.0 Å². The number of carbonyl (C=O) groups is 2. The molecule has 2 amide bonds. The van der Waals surface area contributed by atoms with Gasteiger partial charge in [0, 0.05) is 11.1 Å². The summed E-state index contributed by atoms with van der Waals surface area (Å²) >= 11 is 13.0. The molecule has 1 unspecified atom stereocenters. The Bertz CT molecular complexity index is 1040. The molecule has 2 aromatic carbocycles. The Morgan fingerprint density at radius 3 is 2.57 bits per heavy atom. The smallest absolute Gasteiger partial charge is 0.251 e. The van der Waals surface area contributed by atoms with Crippen molar-refractivity contribution in [3.63, 3.8) is 0 Å². The molecule has 28 heavy (non-hydrogen) atoms. The van der Waals surface area contributed by atoms with Crippen molar-refractivity contribution in [2.24, 2.45) is 0 Å². The molecule has 1 heterocycles. The van der Waals surface area contributed by atoms with Crippen LogP contribution >= 0.6 is 34.5 Å². The summed E-state index contributed by atoms with van der Waals surface area (Å²) in [5.41, 5.74) is 2.35. The van der Waals surface area contributed by atoms with Gasteiger partial charge >= 0.3 is 0 Å². The van der Waals surface area contributed by atoms with Crippen molar-refractivity contribution in [3.8, 4) is 10.6 Å². The Balaban J connectivity index is 1.63. The molecule has 2 N–H and O–H groups in total. The van der Waals surface area contributed by atoms with Crippen molar-refractivity contribution in [2.75, 3.05) is 5.32 Å². The average molecular weight is 435 g/mol. The Hall–Kier alpha value is -2.48. The van der Waals surface area contributed by atoms with Crippen molar-refractivity contribution in [2.45, 2.75) is 19.9 Å². The van der Waals surface area contributed by atoms with Crippen LogP contribution in [0, 0.1) is 6.92 Å². The third-order valence-electron chi connectivity index (χ3n) is 3.84. The van der Waals surface area contributed by atoms with Crippen molar-refractivity contribution in [1.29, 1.82) is 0 Å². The second-order valence-corrected chi connectivity index (χ2v) is 7.89. The van der Waals surface area contributed by atoms with Gasteiger partial charge in [-0.1, -0.05) is 58.3 Å². The molecule has 144 valence electrons. The third kappa shape index (κ3) is 4.86. The van der Waals surface area contributed by atoms with E-state index in [1.165, 1.54) is 29.5 Å². The van der Waals surface area contributed by atoms with E-state index in [0.29, 0.717) is 20.7 Å². The number of nitrogens with one attached hydrogen (secondary N) is 2. The summed E-state index contributed by atoms with van der Waals surface area (Å²) in [6.07, 6.45) is 0. The van der Waals surface area contributed by atoms with Gasteiger partial charge in [-0.25, -0.2) is 0 Å². The van der Waals surface area contributed by atoms with Gasteiger partial charge < -0.3 is 5.32 Å². The van der Waals surface area contributed by atoms with Crippen LogP contribution in [-0.4, -0.2) is 28.1 Å². The van der Waals surface area contributed by atoms with Crippen LogP contribution in [0.25, 0.3) is 10.6 Å². The number of anilines is 1. The molecule has 9 heteroatoms. The summed E-state index contributed by atoms with van der Waals surface area (Å²) in [5.74, 6) is -0.834. The molecule has 1 aromatic heterocycles. The van der Waals surface area contributed by atoms with Crippen LogP contribution in [0.2, 0.25) is 10.0 Å². The molecule has 0 aliphatic carbocycles. The number of amides is 2. The highest BCUT2D eigenvalue weighted by Gasteiger charge is 2.19. The molecule has 0 saturated heterocycles. The zero-order valence-electron chi connectivity index (χ0n) is 15.0. The maximum absolute atomic E-state index is 12.4. The lowest BCUT2D eigenvalue weighted by molar-refractivity contribution is -0.117. The highest BCUT2D eigenvalue weighted by atomic mass is 35.5. The van der Waals surface area contributed by atoms with E-state index in [1.807, 2.05) is 31.2 Å². The molecule has 0 saturated carbocycles. The number of nitrogens with zero attached hydrogens (tertiary/aromatic N) is 2. The standard InChI is InChI=1S/C19H16Cl2N4O2S/c1-10-4-3-5-13(8-10)18-24-25-19(28-18)23-16(26)11(2)22-17(27)12-6-7-14(20)15(21)9-12/h3-9,11H,1-2H3,(H,22,27)(H,23,25,26). The monoisotopic (exact) mass is 434 g/mol. The van der Waals surface area contributed by atoms with E-state index in [9.17, 15) is 9.59 Å². The molecule has 3 aromatic rings. The number of benzene rings is 2. The van der Waals surface area contributed by atoms with Gasteiger partial charge in [0.05, 0.1) is 10.0 Å². The molecular weight excluding hydrogens is 419 g/mol. The van der Waals surface area contributed by atoms with Gasteiger partial charge in [0.25, 0.3) is 5.91 Å². The van der Waals surface area contributed by atoms with Gasteiger partial charge in [0.15, 0.2) is 0 Å². The predicted molar refractivity (Wildman–Crippen MR) is 112 cm³/mol. The lowest BCUT2D eigenvalue weighted by Gasteiger charge is -2.13. The largest absolute Gasteiger partial charge is 0.341 e. The zero-order valence-corrected chi connectivity index (χ0v) is 17.3. The maximum Gasteiger partial charge on any atom is 0.251 e. The highest BCUT2D eigenvalue weighted by molar-refractivity contribution is 7.18. The first kappa shape index (κ1) is 20.3. The molecule has 6 nitrogen and oxygen atoms in total. The van der Waals surface area contributed by atoms with Crippen LogP contribution < -0.4 is 10.6 Å². The van der Waals surface area contributed by atoms with Crippen LogP contribution in [0.5, 0.6) is 0 Å². The average Bonchev–Trinajstić information content (AvgIpc) is 3.12. The molecule has 0 radical (unpaired) electrons. The molecule has 0 aliphatic rings. The number of aromatic nitrogens is 2. The van der Waals surface area contributed by atoms with Crippen molar-refractivity contribution < 1.29 is 9.59 Å². The SMILES string of the molecule is Cc1cccc(-c2nnc(NC(=O)C(C)NC(=O)c3ccc(Cl)c(Cl)c3)s2)c1. The Morgan fingerprint density at radius 2 is 1.86 bits per heavy atom. The number of rotatable bonds is 5. The molecule has 0 bridgehead atoms. The molecular formula is C19H16Cl2N4O2S. The van der Waals surface area contributed by atoms with E-state index in [-0.39, 0.29) is 5.02 Å². The summed E-state index contributed by atoms with van der Waals surface area (Å²) in [5, 5.41) is 15.1. The van der Waals surface area contributed by atoms with Crippen LogP contribution in [0.15, 0.2) is 42.5 Å². The number of aryl methyl sites for hydroxylation is 1. The summed E-state index contributed by atoms with van der Waals surface area (Å²) in [6.45, 7) is 3.57. The fraction of sp³-hybridized carbons (Fsp3) is 0.158. The molecule has 0 aliphatic heterocycles. The van der Waals surface area contributed by atoms with E-state index in [2.05, 4.69) is 20.8 Å². The first-order chi connectivity index (χ1) is 13.3. The van der Waals surface area contributed by atoms with Crippen molar-refractivity contribution >= 4 is 51.5 Å². The van der Waals surface area contributed by atoms with Crippen LogP contribution in [-0.2, 0) is 4.79 Å². The van der Waals surface area contributed by atoms with E-state index in [4.69, 9.17) is 23.2 Å². The maximum atomic E-state index is 12.4. The predicted octanol–water partition coefficient (Wildman–Crippen LogP) is 4.58. The summed E-state index contributed by atoms with van der Waals surface area (Å²) in [6, 6.07) is 11.6. The van der Waals surface area contributed by atoms with Gasteiger partial charge in [0.1, 0.15) is 11.0 Å². The number of halogens is 2. The molecule has 0 spiro atoms. The van der Waals surface area contributed by atoms with E-state index in [0.717, 1.165) is 11.1 Å². The lowest BCUT2D eigenvalue weighted by atomic mass is 10.1. The summed E-state index contributed by atoms with van der Waals surface area (Å²) < 4.78 is 0. The Morgan fingerprint density at radius 1 is 1.07 bits per heavy atom. The van der Waals surface area contributed by atoms with Crippen LogP contribution in [0.4, 0.5) is 5.13 Å². The van der Waals surface area contributed by atoms with Crippen LogP contribution in [0.3, 0.4) is 0 Å². The van der Waals surface area contributed by atoms with E-state index in [1.54, 1.807) is 6.92 Å². The summed E-state index contributed by atoms with van der Waals surface area (Å²) in [7, 11) is 0. The van der Waals surface area contributed by atoms with Gasteiger partial charge in [-0.05, 0) is 38.1 Å². The first-order valence-corrected chi connectivity index (χ1v) is 9.88. The normalized spacial score (nSPS) is 11.7. The second-order valence-electron chi connectivity index (χ2n) is 6.10. The lowest BCUT2D eigenvalue weighted by Crippen LogP contribution is -2.41. The van der Waals surface area contributed by atoms with Crippen molar-refractivity contribution in [1.82, 2.24) is 15.5 Å². The third-order valence-corrected chi connectivity index (χ3v) is 5.47. The van der Waals surface area contributed by atoms with Gasteiger partial charge in [-0.3, -0.25) is 14.9 Å². The fourth-order valence-corrected chi connectivity index (χ4v) is 3.41.